The average Bonchev–Trinajstić information content (AvgIpc) is 3.01. The fraction of sp³-hybridized carbons (Fsp3) is 0.417. The van der Waals surface area contributed by atoms with Crippen molar-refractivity contribution in [3.05, 3.63) is 38.9 Å². The summed E-state index contributed by atoms with van der Waals surface area (Å²) in [5.41, 5.74) is 0.155. The molecule has 0 radical (unpaired) electrons. The van der Waals surface area contributed by atoms with Crippen molar-refractivity contribution in [3.8, 4) is 0 Å². The molecule has 0 aliphatic heterocycles. The summed E-state index contributed by atoms with van der Waals surface area (Å²) < 4.78 is 0. The molecule has 0 spiro atoms. The number of nitrogens with one attached hydrogen (secondary N) is 1. The van der Waals surface area contributed by atoms with Gasteiger partial charge in [-0.05, 0) is 30.4 Å². The van der Waals surface area contributed by atoms with Gasteiger partial charge in [-0.25, -0.2) is 0 Å². The normalized spacial score (nSPS) is 21.4. The molecule has 1 aliphatic rings. The fourth-order valence-electron chi connectivity index (χ4n) is 1.81. The van der Waals surface area contributed by atoms with Crippen molar-refractivity contribution in [1.29, 1.82) is 0 Å². The molecule has 1 aromatic carbocycles. The molecule has 1 aliphatic carbocycles. The monoisotopic (exact) mass is 268 g/mol. The highest BCUT2D eigenvalue weighted by molar-refractivity contribution is 6.33. The molecule has 1 amide bonds. The number of carbonyl (C=O) groups excluding carboxylic acids is 1. The van der Waals surface area contributed by atoms with Crippen LogP contribution in [-0.2, 0) is 0 Å². The molecule has 6 heteroatoms. The molecular weight excluding hydrogens is 256 g/mol. The lowest BCUT2D eigenvalue weighted by molar-refractivity contribution is -0.384. The topological polar surface area (TPSA) is 72.2 Å². The maximum absolute atomic E-state index is 11.8. The minimum atomic E-state index is -0.574. The van der Waals surface area contributed by atoms with Gasteiger partial charge in [-0.3, -0.25) is 14.9 Å². The molecule has 1 fully saturated rings. The number of amides is 1. The Hall–Kier alpha value is -1.62. The molecule has 1 N–H and O–H groups in total. The third-order valence-corrected chi connectivity index (χ3v) is 3.51. The number of hydrogen-bond acceptors (Lipinski definition) is 3. The van der Waals surface area contributed by atoms with Crippen LogP contribution in [0.4, 0.5) is 5.69 Å². The summed E-state index contributed by atoms with van der Waals surface area (Å²) in [6.07, 6.45) is 1.14. The minimum absolute atomic E-state index is 0.0209. The largest absolute Gasteiger partial charge is 0.352 e. The number of hydrogen-bond donors (Lipinski definition) is 1. The third kappa shape index (κ3) is 2.79. The van der Waals surface area contributed by atoms with Gasteiger partial charge in [-0.1, -0.05) is 18.5 Å². The standard InChI is InChI=1S/C12H13ClN2O3/c1-7-4-9(7)6-14-12(16)8-2-3-11(15(17)18)10(13)5-8/h2-3,5,7,9H,4,6H2,1H3,(H,14,16). The van der Waals surface area contributed by atoms with Gasteiger partial charge in [0.05, 0.1) is 4.92 Å². The number of nitro groups is 1. The molecule has 0 heterocycles. The van der Waals surface area contributed by atoms with Crippen molar-refractivity contribution < 1.29 is 9.72 Å². The van der Waals surface area contributed by atoms with Gasteiger partial charge in [0.1, 0.15) is 5.02 Å². The zero-order chi connectivity index (χ0) is 13.3. The molecule has 1 saturated carbocycles. The molecular formula is C12H13ClN2O3. The highest BCUT2D eigenvalue weighted by Gasteiger charge is 2.32. The van der Waals surface area contributed by atoms with Crippen LogP contribution in [0.1, 0.15) is 23.7 Å². The number of carbonyl (C=O) groups is 1. The van der Waals surface area contributed by atoms with Gasteiger partial charge in [0.25, 0.3) is 11.6 Å². The molecule has 5 nitrogen and oxygen atoms in total. The van der Waals surface area contributed by atoms with Crippen LogP contribution >= 0.6 is 11.6 Å². The van der Waals surface area contributed by atoms with E-state index >= 15 is 0 Å². The Labute approximate surface area is 109 Å². The van der Waals surface area contributed by atoms with Crippen LogP contribution in [0.25, 0.3) is 0 Å². The molecule has 0 saturated heterocycles. The second kappa shape index (κ2) is 4.94. The summed E-state index contributed by atoms with van der Waals surface area (Å²) in [6.45, 7) is 2.79. The second-order valence-corrected chi connectivity index (χ2v) is 5.01. The summed E-state index contributed by atoms with van der Waals surface area (Å²) >= 11 is 5.75. The van der Waals surface area contributed by atoms with E-state index in [-0.39, 0.29) is 16.6 Å². The SMILES string of the molecule is CC1CC1CNC(=O)c1ccc([N+](=O)[O-])c(Cl)c1. The smallest absolute Gasteiger partial charge is 0.287 e. The highest BCUT2D eigenvalue weighted by Crippen LogP contribution is 2.36. The molecule has 2 rings (SSSR count). The van der Waals surface area contributed by atoms with E-state index in [0.717, 1.165) is 6.42 Å². The lowest BCUT2D eigenvalue weighted by Gasteiger charge is -2.05. The van der Waals surface area contributed by atoms with Crippen molar-refractivity contribution in [1.82, 2.24) is 5.32 Å². The van der Waals surface area contributed by atoms with E-state index < -0.39 is 4.92 Å². The fourth-order valence-corrected chi connectivity index (χ4v) is 2.06. The quantitative estimate of drug-likeness (QED) is 0.674. The first-order valence-electron chi connectivity index (χ1n) is 5.71. The summed E-state index contributed by atoms with van der Waals surface area (Å²) in [6, 6.07) is 3.98. The molecule has 18 heavy (non-hydrogen) atoms. The maximum Gasteiger partial charge on any atom is 0.287 e. The van der Waals surface area contributed by atoms with E-state index in [2.05, 4.69) is 12.2 Å². The van der Waals surface area contributed by atoms with Crippen LogP contribution < -0.4 is 5.32 Å². The summed E-state index contributed by atoms with van der Waals surface area (Å²) in [5, 5.41) is 13.4. The number of nitrogens with zero attached hydrogens (tertiary/aromatic N) is 1. The Morgan fingerprint density at radius 3 is 2.78 bits per heavy atom. The molecule has 96 valence electrons. The molecule has 2 unspecified atom stereocenters. The third-order valence-electron chi connectivity index (χ3n) is 3.21. The Balaban J connectivity index is 2.01. The maximum atomic E-state index is 11.8. The predicted molar refractivity (Wildman–Crippen MR) is 67.7 cm³/mol. The summed E-state index contributed by atoms with van der Waals surface area (Å²) in [4.78, 5) is 21.8. The van der Waals surface area contributed by atoms with E-state index in [1.54, 1.807) is 0 Å². The van der Waals surface area contributed by atoms with E-state index in [1.807, 2.05) is 0 Å². The van der Waals surface area contributed by atoms with Gasteiger partial charge < -0.3 is 5.32 Å². The van der Waals surface area contributed by atoms with Crippen molar-refractivity contribution in [2.45, 2.75) is 13.3 Å². The lowest BCUT2D eigenvalue weighted by Crippen LogP contribution is -2.25. The lowest BCUT2D eigenvalue weighted by atomic mass is 10.2. The number of nitro benzene ring substituents is 1. The Morgan fingerprint density at radius 1 is 1.61 bits per heavy atom. The summed E-state index contributed by atoms with van der Waals surface area (Å²) in [7, 11) is 0. The molecule has 1 aromatic rings. The first-order chi connectivity index (χ1) is 8.49. The van der Waals surface area contributed by atoms with Crippen LogP contribution in [-0.4, -0.2) is 17.4 Å². The zero-order valence-corrected chi connectivity index (χ0v) is 10.6. The van der Waals surface area contributed by atoms with Crippen LogP contribution in [0.5, 0.6) is 0 Å². The van der Waals surface area contributed by atoms with Gasteiger partial charge in [0.2, 0.25) is 0 Å². The van der Waals surface area contributed by atoms with Crippen molar-refractivity contribution in [2.75, 3.05) is 6.54 Å². The van der Waals surface area contributed by atoms with Crippen molar-refractivity contribution in [3.63, 3.8) is 0 Å². The van der Waals surface area contributed by atoms with Gasteiger partial charge in [-0.15, -0.1) is 0 Å². The van der Waals surface area contributed by atoms with E-state index in [1.165, 1.54) is 18.2 Å². The number of rotatable bonds is 4. The Kier molecular flexibility index (Phi) is 3.52. The highest BCUT2D eigenvalue weighted by atomic mass is 35.5. The van der Waals surface area contributed by atoms with E-state index in [4.69, 9.17) is 11.6 Å². The van der Waals surface area contributed by atoms with Crippen LogP contribution in [0.2, 0.25) is 5.02 Å². The number of benzene rings is 1. The molecule has 0 bridgehead atoms. The molecule has 0 aromatic heterocycles. The van der Waals surface area contributed by atoms with Gasteiger partial charge in [0.15, 0.2) is 0 Å². The van der Waals surface area contributed by atoms with E-state index in [9.17, 15) is 14.9 Å². The summed E-state index contributed by atoms with van der Waals surface area (Å²) in [5.74, 6) is 0.985. The second-order valence-electron chi connectivity index (χ2n) is 4.61. The van der Waals surface area contributed by atoms with E-state index in [0.29, 0.717) is 23.9 Å². The van der Waals surface area contributed by atoms with Gasteiger partial charge >= 0.3 is 0 Å². The van der Waals surface area contributed by atoms with Crippen LogP contribution in [0.15, 0.2) is 18.2 Å². The first-order valence-corrected chi connectivity index (χ1v) is 6.09. The predicted octanol–water partition coefficient (Wildman–Crippen LogP) is 2.63. The van der Waals surface area contributed by atoms with Gasteiger partial charge in [-0.2, -0.15) is 0 Å². The van der Waals surface area contributed by atoms with Gasteiger partial charge in [0, 0.05) is 18.2 Å². The van der Waals surface area contributed by atoms with Crippen LogP contribution in [0, 0.1) is 22.0 Å². The minimum Gasteiger partial charge on any atom is -0.352 e. The number of halogens is 1. The van der Waals surface area contributed by atoms with Crippen molar-refractivity contribution in [2.24, 2.45) is 11.8 Å². The van der Waals surface area contributed by atoms with Crippen molar-refractivity contribution >= 4 is 23.2 Å². The zero-order valence-electron chi connectivity index (χ0n) is 9.85. The Bertz CT molecular complexity index is 504. The first kappa shape index (κ1) is 12.8. The average molecular weight is 269 g/mol. The van der Waals surface area contributed by atoms with Crippen LogP contribution in [0.3, 0.4) is 0 Å². The Morgan fingerprint density at radius 2 is 2.28 bits per heavy atom. The molecule has 2 atom stereocenters.